The highest BCUT2D eigenvalue weighted by molar-refractivity contribution is 7.99. The first-order valence-electron chi connectivity index (χ1n) is 11.2. The molecule has 1 amide bonds. The summed E-state index contributed by atoms with van der Waals surface area (Å²) in [4.78, 5) is 23.5. The Morgan fingerprint density at radius 1 is 1.09 bits per heavy atom. The van der Waals surface area contributed by atoms with E-state index in [-0.39, 0.29) is 18.3 Å². The van der Waals surface area contributed by atoms with E-state index in [1.54, 1.807) is 30.2 Å². The van der Waals surface area contributed by atoms with E-state index in [2.05, 4.69) is 49.9 Å². The maximum atomic E-state index is 13.3. The molecule has 0 unspecified atom stereocenters. The number of anilines is 1. The number of hydrogen-bond donors (Lipinski definition) is 0. The Labute approximate surface area is 211 Å². The predicted molar refractivity (Wildman–Crippen MR) is 145 cm³/mol. The Balaban J connectivity index is 0.00000385. The molecule has 3 aromatic rings. The largest absolute Gasteiger partial charge is 0.494 e. The van der Waals surface area contributed by atoms with Crippen LogP contribution in [0, 0.1) is 6.92 Å². The second kappa shape index (κ2) is 13.8. The number of rotatable bonds is 12. The van der Waals surface area contributed by atoms with Gasteiger partial charge in [0.25, 0.3) is 0 Å². The molecular weight excluding hydrogens is 474 g/mol. The second-order valence-electron chi connectivity index (χ2n) is 7.64. The van der Waals surface area contributed by atoms with Crippen molar-refractivity contribution in [1.29, 1.82) is 0 Å². The summed E-state index contributed by atoms with van der Waals surface area (Å²) in [5.74, 6) is 1.81. The quantitative estimate of drug-likeness (QED) is 0.213. The molecule has 0 bridgehead atoms. The number of ether oxygens (including phenoxy) is 1. The van der Waals surface area contributed by atoms with Gasteiger partial charge < -0.3 is 9.64 Å². The van der Waals surface area contributed by atoms with E-state index < -0.39 is 0 Å². The molecule has 0 radical (unpaired) electrons. The van der Waals surface area contributed by atoms with Gasteiger partial charge in [-0.15, -0.1) is 24.2 Å². The van der Waals surface area contributed by atoms with Crippen molar-refractivity contribution >= 4 is 56.8 Å². The van der Waals surface area contributed by atoms with Crippen molar-refractivity contribution in [3.63, 3.8) is 0 Å². The molecule has 0 N–H and O–H groups in total. The van der Waals surface area contributed by atoms with Crippen LogP contribution in [-0.2, 0) is 4.79 Å². The molecule has 0 fully saturated rings. The lowest BCUT2D eigenvalue weighted by Gasteiger charge is -2.24. The summed E-state index contributed by atoms with van der Waals surface area (Å²) in [6.07, 6.45) is 1.36. The number of halogens is 1. The molecule has 0 aliphatic heterocycles. The first-order valence-corrected chi connectivity index (χ1v) is 13.0. The monoisotopic (exact) mass is 507 g/mol. The van der Waals surface area contributed by atoms with Crippen molar-refractivity contribution in [3.8, 4) is 5.75 Å². The van der Waals surface area contributed by atoms with E-state index in [9.17, 15) is 4.79 Å². The summed E-state index contributed by atoms with van der Waals surface area (Å²) in [6.45, 7) is 9.83. The van der Waals surface area contributed by atoms with Crippen molar-refractivity contribution in [3.05, 3.63) is 48.0 Å². The van der Waals surface area contributed by atoms with Gasteiger partial charge in [-0.25, -0.2) is 4.98 Å². The number of methoxy groups -OCH3 is 1. The van der Waals surface area contributed by atoms with Crippen molar-refractivity contribution in [1.82, 2.24) is 9.88 Å². The Bertz CT molecular complexity index is 1010. The van der Waals surface area contributed by atoms with E-state index in [0.29, 0.717) is 13.0 Å². The molecule has 2 aromatic carbocycles. The van der Waals surface area contributed by atoms with Gasteiger partial charge in [0.05, 0.1) is 11.8 Å². The lowest BCUT2D eigenvalue weighted by Crippen LogP contribution is -2.38. The molecule has 0 atom stereocenters. The van der Waals surface area contributed by atoms with Gasteiger partial charge in [-0.1, -0.05) is 48.9 Å². The lowest BCUT2D eigenvalue weighted by atomic mass is 10.2. The van der Waals surface area contributed by atoms with Crippen LogP contribution in [0.2, 0.25) is 0 Å². The van der Waals surface area contributed by atoms with Crippen LogP contribution in [0.4, 0.5) is 5.13 Å². The minimum Gasteiger partial charge on any atom is -0.494 e. The van der Waals surface area contributed by atoms with Gasteiger partial charge in [-0.2, -0.15) is 0 Å². The number of carbonyl (C=O) groups excluding carboxylic acids is 1. The van der Waals surface area contributed by atoms with Crippen molar-refractivity contribution in [2.75, 3.05) is 43.9 Å². The fourth-order valence-electron chi connectivity index (χ4n) is 3.48. The topological polar surface area (TPSA) is 45.7 Å². The van der Waals surface area contributed by atoms with Gasteiger partial charge in [-0.05, 0) is 56.5 Å². The zero-order chi connectivity index (χ0) is 22.9. The number of para-hydroxylation sites is 1. The van der Waals surface area contributed by atoms with Crippen LogP contribution in [0.1, 0.15) is 32.3 Å². The number of amides is 1. The van der Waals surface area contributed by atoms with Crippen molar-refractivity contribution < 1.29 is 9.53 Å². The lowest BCUT2D eigenvalue weighted by molar-refractivity contribution is -0.118. The van der Waals surface area contributed by atoms with Gasteiger partial charge in [0, 0.05) is 24.4 Å². The van der Waals surface area contributed by atoms with Crippen LogP contribution in [0.5, 0.6) is 5.75 Å². The van der Waals surface area contributed by atoms with Crippen LogP contribution >= 0.6 is 35.5 Å². The van der Waals surface area contributed by atoms with Gasteiger partial charge in [0.1, 0.15) is 11.3 Å². The van der Waals surface area contributed by atoms with E-state index in [0.717, 1.165) is 52.9 Å². The third kappa shape index (κ3) is 7.60. The van der Waals surface area contributed by atoms with Crippen LogP contribution in [0.25, 0.3) is 10.2 Å². The standard InChI is InChI=1S/C25H33N3O2S2.ClH/c1-5-27(6-2)16-17-28(25-26-24-21(30-4)9-7-10-22(24)32-25)23(29)11-8-18-31-20-14-12-19(3)13-15-20;/h7,9-10,12-15H,5-6,8,11,16-18H2,1-4H3;1H. The van der Waals surface area contributed by atoms with Gasteiger partial charge in [0.15, 0.2) is 5.13 Å². The van der Waals surface area contributed by atoms with Gasteiger partial charge in [-0.3, -0.25) is 9.69 Å². The fraction of sp³-hybridized carbons (Fsp3) is 0.440. The number of likely N-dealkylation sites (N-methyl/N-ethyl adjacent to an activating group) is 1. The Hall–Kier alpha value is -1.80. The molecular formula is C25H34ClN3O2S2. The number of thioether (sulfide) groups is 1. The van der Waals surface area contributed by atoms with Gasteiger partial charge in [0.2, 0.25) is 5.91 Å². The SMILES string of the molecule is CCN(CC)CCN(C(=O)CCCSc1ccc(C)cc1)c1nc2c(OC)cccc2s1.Cl. The number of thiazole rings is 1. The molecule has 33 heavy (non-hydrogen) atoms. The molecule has 1 aromatic heterocycles. The highest BCUT2D eigenvalue weighted by Crippen LogP contribution is 2.34. The molecule has 0 saturated carbocycles. The zero-order valence-electron chi connectivity index (χ0n) is 19.9. The molecule has 0 saturated heterocycles. The first-order chi connectivity index (χ1) is 15.5. The second-order valence-corrected chi connectivity index (χ2v) is 9.82. The number of nitrogens with zero attached hydrogens (tertiary/aromatic N) is 3. The highest BCUT2D eigenvalue weighted by atomic mass is 35.5. The zero-order valence-corrected chi connectivity index (χ0v) is 22.3. The Morgan fingerprint density at radius 2 is 1.82 bits per heavy atom. The number of fused-ring (bicyclic) bond motifs is 1. The van der Waals surface area contributed by atoms with Crippen LogP contribution in [0.3, 0.4) is 0 Å². The van der Waals surface area contributed by atoms with E-state index in [4.69, 9.17) is 9.72 Å². The summed E-state index contributed by atoms with van der Waals surface area (Å²) in [5.41, 5.74) is 2.09. The molecule has 5 nitrogen and oxygen atoms in total. The molecule has 8 heteroatoms. The smallest absolute Gasteiger partial charge is 0.228 e. The van der Waals surface area contributed by atoms with E-state index >= 15 is 0 Å². The van der Waals surface area contributed by atoms with E-state index in [1.165, 1.54) is 10.5 Å². The summed E-state index contributed by atoms with van der Waals surface area (Å²) in [6, 6.07) is 14.5. The average Bonchev–Trinajstić information content (AvgIpc) is 3.24. The summed E-state index contributed by atoms with van der Waals surface area (Å²) in [7, 11) is 1.66. The molecule has 1 heterocycles. The minimum atomic E-state index is 0. The van der Waals surface area contributed by atoms with Crippen molar-refractivity contribution in [2.45, 2.75) is 38.5 Å². The molecule has 0 aliphatic rings. The van der Waals surface area contributed by atoms with Crippen LogP contribution < -0.4 is 9.64 Å². The summed E-state index contributed by atoms with van der Waals surface area (Å²) < 4.78 is 6.51. The summed E-state index contributed by atoms with van der Waals surface area (Å²) in [5, 5.41) is 0.757. The third-order valence-electron chi connectivity index (χ3n) is 5.48. The van der Waals surface area contributed by atoms with Crippen LogP contribution in [0.15, 0.2) is 47.4 Å². The normalized spacial score (nSPS) is 10.9. The number of carbonyl (C=O) groups is 1. The minimum absolute atomic E-state index is 0. The Kier molecular flexibility index (Phi) is 11.5. The molecule has 0 aliphatic carbocycles. The van der Waals surface area contributed by atoms with Crippen molar-refractivity contribution in [2.24, 2.45) is 0 Å². The number of hydrogen-bond acceptors (Lipinski definition) is 6. The first kappa shape index (κ1) is 27.4. The molecule has 0 spiro atoms. The fourth-order valence-corrected chi connectivity index (χ4v) is 5.36. The highest BCUT2D eigenvalue weighted by Gasteiger charge is 2.21. The number of aryl methyl sites for hydroxylation is 1. The average molecular weight is 508 g/mol. The Morgan fingerprint density at radius 3 is 2.48 bits per heavy atom. The van der Waals surface area contributed by atoms with Gasteiger partial charge >= 0.3 is 0 Å². The summed E-state index contributed by atoms with van der Waals surface area (Å²) >= 11 is 3.36. The third-order valence-corrected chi connectivity index (χ3v) is 7.62. The maximum Gasteiger partial charge on any atom is 0.228 e. The number of aromatic nitrogens is 1. The van der Waals surface area contributed by atoms with Crippen LogP contribution in [-0.4, -0.2) is 54.8 Å². The predicted octanol–water partition coefficient (Wildman–Crippen LogP) is 6.28. The molecule has 180 valence electrons. The van der Waals surface area contributed by atoms with E-state index in [1.807, 2.05) is 23.1 Å². The molecule has 3 rings (SSSR count). The maximum absolute atomic E-state index is 13.3. The number of benzene rings is 2.